The van der Waals surface area contributed by atoms with Crippen molar-refractivity contribution in [2.24, 2.45) is 0 Å². The van der Waals surface area contributed by atoms with Gasteiger partial charge in [0, 0.05) is 37.3 Å². The van der Waals surface area contributed by atoms with E-state index < -0.39 is 15.1 Å². The van der Waals surface area contributed by atoms with Gasteiger partial charge in [0.05, 0.1) is 4.90 Å². The Morgan fingerprint density at radius 3 is 2.35 bits per heavy atom. The van der Waals surface area contributed by atoms with Gasteiger partial charge in [-0.25, -0.2) is 13.1 Å². The highest BCUT2D eigenvalue weighted by atomic mass is 35.5. The minimum atomic E-state index is -3.71. The number of aliphatic hydroxyl groups excluding tert-OH is 1. The quantitative estimate of drug-likeness (QED) is 0.416. The fourth-order valence-corrected chi connectivity index (χ4v) is 5.65. The summed E-state index contributed by atoms with van der Waals surface area (Å²) < 4.78 is 28.5. The zero-order valence-electron chi connectivity index (χ0n) is 18.5. The molecular weight excluding hydrogens is 476 g/mol. The van der Waals surface area contributed by atoms with Crippen LogP contribution in [0, 0.1) is 0 Å². The molecule has 0 saturated heterocycles. The predicted octanol–water partition coefficient (Wildman–Crippen LogP) is 3.35. The largest absolute Gasteiger partial charge is 0.508 e. The first-order valence-electron chi connectivity index (χ1n) is 10.7. The predicted molar refractivity (Wildman–Crippen MR) is 131 cm³/mol. The van der Waals surface area contributed by atoms with Gasteiger partial charge in [-0.05, 0) is 59.9 Å². The van der Waals surface area contributed by atoms with Crippen LogP contribution < -0.4 is 9.62 Å². The second-order valence-corrected chi connectivity index (χ2v) is 10.9. The van der Waals surface area contributed by atoms with Crippen molar-refractivity contribution in [1.29, 1.82) is 0 Å². The monoisotopic (exact) mass is 500 g/mol. The molecule has 7 nitrogen and oxygen atoms in total. The van der Waals surface area contributed by atoms with E-state index in [9.17, 15) is 23.4 Å². The first kappa shape index (κ1) is 24.2. The number of aliphatic hydroxyl groups is 2. The number of fused-ring (bicyclic) bond motifs is 1. The maximum absolute atomic E-state index is 12.8. The topological polar surface area (TPSA) is 107 Å². The summed E-state index contributed by atoms with van der Waals surface area (Å²) in [6, 6.07) is 13.8. The summed E-state index contributed by atoms with van der Waals surface area (Å²) in [7, 11) is -2.14. The number of allylic oxidation sites excluding steroid dienone is 2. The molecule has 1 atom stereocenters. The van der Waals surface area contributed by atoms with Gasteiger partial charge in [0.25, 0.3) is 5.91 Å². The van der Waals surface area contributed by atoms with Crippen LogP contribution in [0.2, 0.25) is 0 Å². The van der Waals surface area contributed by atoms with E-state index in [2.05, 4.69) is 4.72 Å². The maximum Gasteiger partial charge on any atom is 0.250 e. The van der Waals surface area contributed by atoms with Gasteiger partial charge in [-0.3, -0.25) is 4.79 Å². The second-order valence-electron chi connectivity index (χ2n) is 8.50. The third-order valence-electron chi connectivity index (χ3n) is 5.83. The van der Waals surface area contributed by atoms with E-state index >= 15 is 0 Å². The Morgan fingerprint density at radius 2 is 1.76 bits per heavy atom. The zero-order valence-corrected chi connectivity index (χ0v) is 20.1. The lowest BCUT2D eigenvalue weighted by atomic mass is 10.0. The first-order chi connectivity index (χ1) is 16.0. The number of nitrogens with one attached hydrogen (secondary N) is 1. The summed E-state index contributed by atoms with van der Waals surface area (Å²) in [4.78, 5) is 14.0. The molecule has 2 aliphatic rings. The molecule has 0 saturated carbocycles. The van der Waals surface area contributed by atoms with Gasteiger partial charge in [0.2, 0.25) is 10.0 Å². The number of anilines is 1. The lowest BCUT2D eigenvalue weighted by Gasteiger charge is -2.21. The number of alkyl halides is 1. The van der Waals surface area contributed by atoms with Crippen molar-refractivity contribution in [2.75, 3.05) is 11.9 Å². The van der Waals surface area contributed by atoms with Crippen LogP contribution in [0.4, 0.5) is 5.69 Å². The first-order valence-corrected chi connectivity index (χ1v) is 12.6. The Bertz CT molecular complexity index is 1270. The van der Waals surface area contributed by atoms with E-state index in [4.69, 9.17) is 11.6 Å². The molecule has 1 unspecified atom stereocenters. The number of nitrogens with zero attached hydrogens (tertiary/aromatic N) is 1. The number of carbonyl (C=O) groups is 1. The fraction of sp³-hybridized carbons (Fsp3) is 0.240. The molecule has 2 aliphatic carbocycles. The Labute approximate surface area is 203 Å². The van der Waals surface area contributed by atoms with Crippen LogP contribution in [0.15, 0.2) is 89.1 Å². The van der Waals surface area contributed by atoms with Crippen molar-refractivity contribution in [3.8, 4) is 0 Å². The maximum atomic E-state index is 12.8. The summed E-state index contributed by atoms with van der Waals surface area (Å²) >= 11 is 5.86. The highest BCUT2D eigenvalue weighted by Gasteiger charge is 2.27. The minimum Gasteiger partial charge on any atom is -0.508 e. The van der Waals surface area contributed by atoms with Crippen molar-refractivity contribution in [1.82, 2.24) is 4.72 Å². The molecule has 2 aromatic carbocycles. The molecule has 0 bridgehead atoms. The molecule has 34 heavy (non-hydrogen) atoms. The van der Waals surface area contributed by atoms with Crippen molar-refractivity contribution in [2.45, 2.75) is 35.3 Å². The molecule has 2 aromatic rings. The van der Waals surface area contributed by atoms with E-state index in [0.29, 0.717) is 24.1 Å². The van der Waals surface area contributed by atoms with Gasteiger partial charge in [0.1, 0.15) is 5.76 Å². The van der Waals surface area contributed by atoms with Crippen LogP contribution in [0.3, 0.4) is 0 Å². The third-order valence-corrected chi connectivity index (χ3v) is 7.61. The minimum absolute atomic E-state index is 0.0394. The molecule has 0 fully saturated rings. The average Bonchev–Trinajstić information content (AvgIpc) is 3.17. The number of hydrogen-bond acceptors (Lipinski definition) is 5. The number of hydrogen-bond donors (Lipinski definition) is 3. The van der Waals surface area contributed by atoms with E-state index in [1.165, 1.54) is 35.3 Å². The van der Waals surface area contributed by atoms with Crippen molar-refractivity contribution < 1.29 is 23.4 Å². The standard InChI is InChI=1S/C25H25ClN2O5S/c1-28(24(30)11-6-17-12-22(29)16-25(26,31)15-17)21-7-9-23(10-8-21)34(32,33)27-20-13-18-4-2-3-5-19(18)14-20/h2-12,16,20,27,29,31H,13-15H2,1H3/b11-6+. The van der Waals surface area contributed by atoms with Crippen molar-refractivity contribution >= 4 is 33.2 Å². The molecule has 3 N–H and O–H groups in total. The van der Waals surface area contributed by atoms with Gasteiger partial charge in [0.15, 0.2) is 5.06 Å². The molecular formula is C25H25ClN2O5S. The number of rotatable bonds is 6. The molecule has 178 valence electrons. The summed E-state index contributed by atoms with van der Waals surface area (Å²) in [6.45, 7) is 0. The van der Waals surface area contributed by atoms with Crippen LogP contribution in [-0.2, 0) is 27.7 Å². The van der Waals surface area contributed by atoms with Crippen molar-refractivity contribution in [3.05, 3.63) is 95.3 Å². The zero-order chi connectivity index (χ0) is 24.5. The molecule has 0 aliphatic heterocycles. The van der Waals surface area contributed by atoms with Gasteiger partial charge >= 0.3 is 0 Å². The summed E-state index contributed by atoms with van der Waals surface area (Å²) in [5.74, 6) is -0.554. The Balaban J connectivity index is 1.40. The van der Waals surface area contributed by atoms with Gasteiger partial charge in [-0.1, -0.05) is 41.9 Å². The summed E-state index contributed by atoms with van der Waals surface area (Å²) in [5.41, 5.74) is 3.31. The van der Waals surface area contributed by atoms with Gasteiger partial charge < -0.3 is 15.1 Å². The smallest absolute Gasteiger partial charge is 0.250 e. The van der Waals surface area contributed by atoms with Crippen molar-refractivity contribution in [3.63, 3.8) is 0 Å². The van der Waals surface area contributed by atoms with E-state index in [1.807, 2.05) is 24.3 Å². The van der Waals surface area contributed by atoms with E-state index in [-0.39, 0.29) is 29.0 Å². The average molecular weight is 501 g/mol. The van der Waals surface area contributed by atoms with Crippen LogP contribution in [0.5, 0.6) is 0 Å². The van der Waals surface area contributed by atoms with Crippen LogP contribution >= 0.6 is 11.6 Å². The number of likely N-dealkylation sites (N-methyl/N-ethyl adjacent to an activating group) is 1. The molecule has 9 heteroatoms. The lowest BCUT2D eigenvalue weighted by molar-refractivity contribution is -0.113. The lowest BCUT2D eigenvalue weighted by Crippen LogP contribution is -2.35. The fourth-order valence-electron chi connectivity index (χ4n) is 4.15. The highest BCUT2D eigenvalue weighted by Crippen LogP contribution is 2.30. The molecule has 0 heterocycles. The summed E-state index contributed by atoms with van der Waals surface area (Å²) in [6.07, 6.45) is 6.65. The molecule has 0 radical (unpaired) electrons. The normalized spacial score (nSPS) is 20.7. The molecule has 0 aromatic heterocycles. The summed E-state index contributed by atoms with van der Waals surface area (Å²) in [5, 5.41) is 17.8. The SMILES string of the molecule is CN(C(=O)/C=C/C1=CC(O)=CC(O)(Cl)C1)c1ccc(S(=O)(=O)NC2Cc3ccccc3C2)cc1. The van der Waals surface area contributed by atoms with Crippen LogP contribution in [-0.4, -0.2) is 42.7 Å². The molecule has 1 amide bonds. The number of halogens is 1. The molecule has 0 spiro atoms. The Morgan fingerprint density at radius 1 is 1.15 bits per heavy atom. The second kappa shape index (κ2) is 9.38. The number of carbonyl (C=O) groups excluding carboxylic acids is 1. The third kappa shape index (κ3) is 5.59. The van der Waals surface area contributed by atoms with Crippen LogP contribution in [0.25, 0.3) is 0 Å². The van der Waals surface area contributed by atoms with E-state index in [1.54, 1.807) is 19.2 Å². The number of benzene rings is 2. The Hall–Kier alpha value is -2.91. The van der Waals surface area contributed by atoms with Crippen LogP contribution in [0.1, 0.15) is 17.5 Å². The van der Waals surface area contributed by atoms with E-state index in [0.717, 1.165) is 17.2 Å². The molecule has 4 rings (SSSR count). The number of sulfonamides is 1. The number of amides is 1. The van der Waals surface area contributed by atoms with Gasteiger partial charge in [-0.2, -0.15) is 0 Å². The highest BCUT2D eigenvalue weighted by molar-refractivity contribution is 7.89. The Kier molecular flexibility index (Phi) is 6.69. The van der Waals surface area contributed by atoms with Gasteiger partial charge in [-0.15, -0.1) is 0 Å².